The summed E-state index contributed by atoms with van der Waals surface area (Å²) >= 11 is 0. The first-order chi connectivity index (χ1) is 17.0. The van der Waals surface area contributed by atoms with E-state index in [9.17, 15) is 14.0 Å². The summed E-state index contributed by atoms with van der Waals surface area (Å²) in [6.45, 7) is 5.41. The zero-order chi connectivity index (χ0) is 24.4. The molecule has 1 N–H and O–H groups in total. The van der Waals surface area contributed by atoms with E-state index in [-0.39, 0.29) is 43.1 Å². The third-order valence-corrected chi connectivity index (χ3v) is 7.06. The Bertz CT molecular complexity index is 1250. The molecule has 0 aliphatic carbocycles. The Morgan fingerprint density at radius 3 is 2.49 bits per heavy atom. The fraction of sp³-hybridized carbons (Fsp3) is 0.423. The summed E-state index contributed by atoms with van der Waals surface area (Å²) in [5.74, 6) is -0.941. The number of nitrogens with zero attached hydrogens (tertiary/aromatic N) is 5. The van der Waals surface area contributed by atoms with Crippen molar-refractivity contribution in [2.45, 2.75) is 25.9 Å². The summed E-state index contributed by atoms with van der Waals surface area (Å²) in [5.41, 5.74) is 4.03. The number of benzene rings is 1. The predicted octanol–water partition coefficient (Wildman–Crippen LogP) is 3.04. The van der Waals surface area contributed by atoms with E-state index >= 15 is 0 Å². The number of halogens is 3. The molecule has 37 heavy (non-hydrogen) atoms. The van der Waals surface area contributed by atoms with Gasteiger partial charge in [0.25, 0.3) is 0 Å². The van der Waals surface area contributed by atoms with Crippen molar-refractivity contribution in [3.8, 4) is 0 Å². The van der Waals surface area contributed by atoms with Gasteiger partial charge in [-0.15, -0.1) is 24.8 Å². The standard InChI is InChI=1S/C26H30FN5O3.2ClH/c27-20-4-1-3-19(15-20)16-32-23-17-31(10-6-21(23)22-5-2-8-28-26(22)32)24(33)7-9-29-11-13-30(14-12-29)18-25(34)35;;/h1-5,8,15H,6-7,9-14,16-18H2,(H,34,35);2*1H. The van der Waals surface area contributed by atoms with Crippen molar-refractivity contribution in [3.05, 3.63) is 65.2 Å². The van der Waals surface area contributed by atoms with Crippen LogP contribution in [0, 0.1) is 5.82 Å². The molecule has 8 nitrogen and oxygen atoms in total. The van der Waals surface area contributed by atoms with Crippen molar-refractivity contribution in [1.29, 1.82) is 0 Å². The second kappa shape index (κ2) is 12.7. The van der Waals surface area contributed by atoms with Gasteiger partial charge in [-0.25, -0.2) is 9.37 Å². The van der Waals surface area contributed by atoms with Crippen LogP contribution < -0.4 is 0 Å². The quantitative estimate of drug-likeness (QED) is 0.486. The van der Waals surface area contributed by atoms with Crippen LogP contribution >= 0.6 is 24.8 Å². The van der Waals surface area contributed by atoms with Gasteiger partial charge in [-0.1, -0.05) is 12.1 Å². The van der Waals surface area contributed by atoms with Gasteiger partial charge in [0.1, 0.15) is 11.5 Å². The third kappa shape index (κ3) is 6.59. The number of amides is 1. The Hall–Kier alpha value is -2.72. The molecule has 4 heterocycles. The largest absolute Gasteiger partial charge is 0.480 e. The van der Waals surface area contributed by atoms with Gasteiger partial charge < -0.3 is 19.5 Å². The van der Waals surface area contributed by atoms with E-state index in [2.05, 4.69) is 20.5 Å². The Morgan fingerprint density at radius 2 is 1.76 bits per heavy atom. The molecule has 3 aromatic rings. The lowest BCUT2D eigenvalue weighted by molar-refractivity contribution is -0.138. The monoisotopic (exact) mass is 551 g/mol. The van der Waals surface area contributed by atoms with Crippen molar-refractivity contribution in [2.75, 3.05) is 45.8 Å². The predicted molar refractivity (Wildman–Crippen MR) is 144 cm³/mol. The van der Waals surface area contributed by atoms with Crippen LogP contribution in [-0.2, 0) is 29.1 Å². The molecule has 1 amide bonds. The summed E-state index contributed by atoms with van der Waals surface area (Å²) in [5, 5.41) is 10.1. The minimum absolute atomic E-state index is 0. The van der Waals surface area contributed by atoms with Crippen LogP contribution in [0.3, 0.4) is 0 Å². The molecule has 2 aliphatic heterocycles. The van der Waals surface area contributed by atoms with E-state index in [1.54, 1.807) is 18.3 Å². The summed E-state index contributed by atoms with van der Waals surface area (Å²) in [6, 6.07) is 10.6. The second-order valence-electron chi connectivity index (χ2n) is 9.34. The van der Waals surface area contributed by atoms with Crippen molar-refractivity contribution < 1.29 is 19.1 Å². The highest BCUT2D eigenvalue weighted by Crippen LogP contribution is 2.31. The van der Waals surface area contributed by atoms with E-state index in [0.29, 0.717) is 45.7 Å². The molecular weight excluding hydrogens is 520 g/mol. The summed E-state index contributed by atoms with van der Waals surface area (Å²) < 4.78 is 15.9. The minimum atomic E-state index is -0.803. The van der Waals surface area contributed by atoms with Crippen molar-refractivity contribution in [2.24, 2.45) is 0 Å². The number of hydrogen-bond donors (Lipinski definition) is 1. The molecule has 11 heteroatoms. The molecular formula is C26H32Cl2FN5O3. The second-order valence-corrected chi connectivity index (χ2v) is 9.34. The zero-order valence-corrected chi connectivity index (χ0v) is 22.1. The Morgan fingerprint density at radius 1 is 1.00 bits per heavy atom. The van der Waals surface area contributed by atoms with Gasteiger partial charge in [0.05, 0.1) is 13.1 Å². The first-order valence-electron chi connectivity index (χ1n) is 12.1. The molecule has 200 valence electrons. The van der Waals surface area contributed by atoms with E-state index < -0.39 is 5.97 Å². The molecule has 0 atom stereocenters. The van der Waals surface area contributed by atoms with Crippen LogP contribution in [0.15, 0.2) is 42.6 Å². The van der Waals surface area contributed by atoms with Crippen LogP contribution in [0.5, 0.6) is 0 Å². The van der Waals surface area contributed by atoms with Gasteiger partial charge in [-0.2, -0.15) is 0 Å². The minimum Gasteiger partial charge on any atom is -0.480 e. The lowest BCUT2D eigenvalue weighted by atomic mass is 10.0. The molecule has 0 spiro atoms. The number of carbonyl (C=O) groups excluding carboxylic acids is 1. The molecule has 1 aromatic carbocycles. The number of hydrogen-bond acceptors (Lipinski definition) is 5. The van der Waals surface area contributed by atoms with Gasteiger partial charge in [0.15, 0.2) is 0 Å². The molecule has 0 radical (unpaired) electrons. The van der Waals surface area contributed by atoms with E-state index in [1.807, 2.05) is 21.9 Å². The van der Waals surface area contributed by atoms with Crippen LogP contribution in [0.25, 0.3) is 11.0 Å². The van der Waals surface area contributed by atoms with Gasteiger partial charge in [-0.05, 0) is 41.8 Å². The number of aliphatic carboxylic acids is 1. The number of rotatable bonds is 7. The molecule has 0 unspecified atom stereocenters. The highest BCUT2D eigenvalue weighted by Gasteiger charge is 2.28. The number of carboxylic acids is 1. The number of aromatic nitrogens is 2. The van der Waals surface area contributed by atoms with Crippen LogP contribution in [0.2, 0.25) is 0 Å². The fourth-order valence-corrected chi connectivity index (χ4v) is 5.24. The van der Waals surface area contributed by atoms with Gasteiger partial charge in [0, 0.05) is 69.5 Å². The average molecular weight is 552 g/mol. The molecule has 2 aromatic heterocycles. The first kappa shape index (κ1) is 28.8. The number of carbonyl (C=O) groups is 2. The summed E-state index contributed by atoms with van der Waals surface area (Å²) in [4.78, 5) is 34.7. The lowest BCUT2D eigenvalue weighted by Gasteiger charge is -2.34. The highest BCUT2D eigenvalue weighted by atomic mass is 35.5. The van der Waals surface area contributed by atoms with Crippen molar-refractivity contribution in [1.82, 2.24) is 24.3 Å². The maximum Gasteiger partial charge on any atom is 0.317 e. The zero-order valence-electron chi connectivity index (χ0n) is 20.5. The third-order valence-electron chi connectivity index (χ3n) is 7.06. The SMILES string of the molecule is Cl.Cl.O=C(O)CN1CCN(CCC(=O)N2CCc3c(n(Cc4cccc(F)c4)c4ncccc34)C2)CC1. The normalized spacial score (nSPS) is 16.1. The number of fused-ring (bicyclic) bond motifs is 3. The average Bonchev–Trinajstić information content (AvgIpc) is 3.16. The van der Waals surface area contributed by atoms with Crippen LogP contribution in [-0.4, -0.2) is 87.0 Å². The summed E-state index contributed by atoms with van der Waals surface area (Å²) in [7, 11) is 0. The fourth-order valence-electron chi connectivity index (χ4n) is 5.24. The van der Waals surface area contributed by atoms with Gasteiger partial charge in [0.2, 0.25) is 5.91 Å². The van der Waals surface area contributed by atoms with Crippen LogP contribution in [0.4, 0.5) is 4.39 Å². The number of piperazine rings is 1. The highest BCUT2D eigenvalue weighted by molar-refractivity contribution is 5.86. The van der Waals surface area contributed by atoms with E-state index in [0.717, 1.165) is 41.8 Å². The van der Waals surface area contributed by atoms with Gasteiger partial charge >= 0.3 is 5.97 Å². The Balaban J connectivity index is 0.00000190. The maximum absolute atomic E-state index is 13.8. The molecule has 0 saturated carbocycles. The Kier molecular flexibility index (Phi) is 9.89. The lowest BCUT2D eigenvalue weighted by Crippen LogP contribution is -2.48. The number of carboxylic acid groups (broad SMARTS) is 1. The van der Waals surface area contributed by atoms with E-state index in [1.165, 1.54) is 11.6 Å². The van der Waals surface area contributed by atoms with Crippen molar-refractivity contribution >= 4 is 47.7 Å². The topological polar surface area (TPSA) is 81.9 Å². The summed E-state index contributed by atoms with van der Waals surface area (Å²) in [6.07, 6.45) is 2.99. The molecule has 1 saturated heterocycles. The smallest absolute Gasteiger partial charge is 0.317 e. The Labute approximate surface area is 227 Å². The molecule has 1 fully saturated rings. The van der Waals surface area contributed by atoms with E-state index in [4.69, 9.17) is 5.11 Å². The molecule has 0 bridgehead atoms. The van der Waals surface area contributed by atoms with Crippen molar-refractivity contribution in [3.63, 3.8) is 0 Å². The van der Waals surface area contributed by atoms with Gasteiger partial charge in [-0.3, -0.25) is 14.5 Å². The number of pyridine rings is 1. The maximum atomic E-state index is 13.8. The van der Waals surface area contributed by atoms with Crippen LogP contribution in [0.1, 0.15) is 23.2 Å². The first-order valence-corrected chi connectivity index (χ1v) is 12.1. The molecule has 2 aliphatic rings. The molecule has 5 rings (SSSR count).